The molecule has 0 spiro atoms. The molecule has 0 saturated heterocycles. The van der Waals surface area contributed by atoms with E-state index >= 15 is 0 Å². The number of ether oxygens (including phenoxy) is 2. The van der Waals surface area contributed by atoms with Gasteiger partial charge >= 0.3 is 12.2 Å². The molecule has 186 valence electrons. The van der Waals surface area contributed by atoms with Crippen LogP contribution >= 0.6 is 23.2 Å². The van der Waals surface area contributed by atoms with Crippen molar-refractivity contribution >= 4 is 29.1 Å². The second-order valence-corrected chi connectivity index (χ2v) is 8.48. The number of hydrogen-bond acceptors (Lipinski definition) is 6. The Morgan fingerprint density at radius 2 is 1.66 bits per heavy atom. The number of carbonyl (C=O) groups excluding carboxylic acids is 1. The van der Waals surface area contributed by atoms with Crippen molar-refractivity contribution in [3.05, 3.63) is 57.6 Å². The van der Waals surface area contributed by atoms with Gasteiger partial charge in [0.15, 0.2) is 11.6 Å². The van der Waals surface area contributed by atoms with E-state index in [-0.39, 0.29) is 23.4 Å². The van der Waals surface area contributed by atoms with E-state index in [2.05, 4.69) is 25.0 Å². The number of amides is 1. The van der Waals surface area contributed by atoms with E-state index in [4.69, 9.17) is 27.9 Å². The zero-order valence-electron chi connectivity index (χ0n) is 19.1. The molecule has 1 amide bonds. The Morgan fingerprint density at radius 3 is 2.26 bits per heavy atom. The van der Waals surface area contributed by atoms with Crippen LogP contribution in [0.5, 0.6) is 6.01 Å². The number of nitrogens with zero attached hydrogens (tertiary/aromatic N) is 3. The molecule has 3 aromatic rings. The molecule has 0 radical (unpaired) electrons. The number of halogens is 5. The summed E-state index contributed by atoms with van der Waals surface area (Å²) in [5.74, 6) is -0.844. The maximum Gasteiger partial charge on any atom is 0.426 e. The van der Waals surface area contributed by atoms with Gasteiger partial charge in [0.25, 0.3) is 5.91 Å². The van der Waals surface area contributed by atoms with Crippen LogP contribution < -0.4 is 10.1 Å². The smallest absolute Gasteiger partial charge is 0.426 e. The van der Waals surface area contributed by atoms with Crippen molar-refractivity contribution in [2.24, 2.45) is 0 Å². The topological polar surface area (TPSA) is 86.2 Å². The summed E-state index contributed by atoms with van der Waals surface area (Å²) in [5.41, 5.74) is -0.671. The maximum absolute atomic E-state index is 13.3. The van der Waals surface area contributed by atoms with Crippen molar-refractivity contribution in [3.8, 4) is 28.8 Å². The number of carbonyl (C=O) groups is 1. The Bertz CT molecular complexity index is 1260. The van der Waals surface area contributed by atoms with Gasteiger partial charge in [-0.05, 0) is 55.3 Å². The lowest BCUT2D eigenvalue weighted by Crippen LogP contribution is -2.55. The standard InChI is InChI=1S/C23H21Cl2F3N4O3/c1-12-9-14(6-8-16(12)24)18-30-19(32-21(31-18)34-3)15-10-13(5-7-17(15)25)11-29-20(33)22(2,35-4)23(26,27)28/h5-10H,11H2,1-4H3,(H,29,33)/t22-/m1/s1. The van der Waals surface area contributed by atoms with Crippen LogP contribution in [0.1, 0.15) is 18.1 Å². The Morgan fingerprint density at radius 1 is 1.00 bits per heavy atom. The van der Waals surface area contributed by atoms with Crippen molar-refractivity contribution in [2.75, 3.05) is 14.2 Å². The first-order chi connectivity index (χ1) is 16.4. The Kier molecular flexibility index (Phi) is 7.88. The van der Waals surface area contributed by atoms with Crippen LogP contribution in [0.3, 0.4) is 0 Å². The summed E-state index contributed by atoms with van der Waals surface area (Å²) in [6.45, 7) is 2.28. The number of nitrogens with one attached hydrogen (secondary N) is 1. The van der Waals surface area contributed by atoms with Crippen LogP contribution in [0.2, 0.25) is 10.0 Å². The predicted octanol–water partition coefficient (Wildman–Crippen LogP) is 5.41. The van der Waals surface area contributed by atoms with Crippen molar-refractivity contribution in [1.29, 1.82) is 0 Å². The van der Waals surface area contributed by atoms with Crippen LogP contribution in [-0.2, 0) is 16.1 Å². The molecule has 0 saturated carbocycles. The van der Waals surface area contributed by atoms with Gasteiger partial charge in [0, 0.05) is 29.8 Å². The third-order valence-electron chi connectivity index (χ3n) is 5.32. The maximum atomic E-state index is 13.3. The Balaban J connectivity index is 1.95. The SMILES string of the molecule is COc1nc(-c2ccc(Cl)c(C)c2)nc(-c2cc(CNC(=O)[C@@](C)(OC)C(F)(F)F)ccc2Cl)n1. The molecule has 3 rings (SSSR count). The minimum absolute atomic E-state index is 0.0356. The summed E-state index contributed by atoms with van der Waals surface area (Å²) in [7, 11) is 2.22. The van der Waals surface area contributed by atoms with Gasteiger partial charge in [-0.3, -0.25) is 4.79 Å². The molecule has 35 heavy (non-hydrogen) atoms. The number of aryl methyl sites for hydroxylation is 1. The lowest BCUT2D eigenvalue weighted by molar-refractivity contribution is -0.253. The van der Waals surface area contributed by atoms with Crippen LogP contribution in [0.15, 0.2) is 36.4 Å². The van der Waals surface area contributed by atoms with Gasteiger partial charge in [-0.2, -0.15) is 23.1 Å². The Hall–Kier alpha value is -2.95. The number of aromatic nitrogens is 3. The summed E-state index contributed by atoms with van der Waals surface area (Å²) >= 11 is 12.5. The van der Waals surface area contributed by atoms with Gasteiger partial charge in [0.1, 0.15) is 0 Å². The summed E-state index contributed by atoms with van der Waals surface area (Å²) < 4.78 is 49.5. The second-order valence-electron chi connectivity index (χ2n) is 7.67. The van der Waals surface area contributed by atoms with E-state index in [0.717, 1.165) is 12.7 Å². The van der Waals surface area contributed by atoms with Crippen molar-refractivity contribution in [2.45, 2.75) is 32.2 Å². The first-order valence-corrected chi connectivity index (χ1v) is 10.9. The van der Waals surface area contributed by atoms with E-state index in [1.165, 1.54) is 13.2 Å². The van der Waals surface area contributed by atoms with Gasteiger partial charge in [-0.25, -0.2) is 4.98 Å². The van der Waals surface area contributed by atoms with Crippen LogP contribution in [0.25, 0.3) is 22.8 Å². The van der Waals surface area contributed by atoms with E-state index in [1.807, 2.05) is 13.0 Å². The fraction of sp³-hybridized carbons (Fsp3) is 0.304. The molecule has 1 heterocycles. The molecule has 0 aliphatic carbocycles. The van der Waals surface area contributed by atoms with Crippen LogP contribution in [-0.4, -0.2) is 46.9 Å². The van der Waals surface area contributed by atoms with Gasteiger partial charge in [-0.15, -0.1) is 0 Å². The fourth-order valence-corrected chi connectivity index (χ4v) is 3.34. The first-order valence-electron chi connectivity index (χ1n) is 10.1. The lowest BCUT2D eigenvalue weighted by atomic mass is 10.0. The van der Waals surface area contributed by atoms with Crippen molar-refractivity contribution < 1.29 is 27.4 Å². The summed E-state index contributed by atoms with van der Waals surface area (Å²) in [5, 5.41) is 3.12. The third-order valence-corrected chi connectivity index (χ3v) is 6.07. The second kappa shape index (κ2) is 10.3. The summed E-state index contributed by atoms with van der Waals surface area (Å²) in [4.78, 5) is 25.3. The molecule has 0 fully saturated rings. The van der Waals surface area contributed by atoms with Crippen LogP contribution in [0.4, 0.5) is 13.2 Å². The molecular weight excluding hydrogens is 508 g/mol. The average Bonchev–Trinajstić information content (AvgIpc) is 2.83. The van der Waals surface area contributed by atoms with Crippen molar-refractivity contribution in [3.63, 3.8) is 0 Å². The van der Waals surface area contributed by atoms with E-state index in [9.17, 15) is 18.0 Å². The lowest BCUT2D eigenvalue weighted by Gasteiger charge is -2.29. The molecule has 0 bridgehead atoms. The number of alkyl halides is 3. The molecule has 1 N–H and O–H groups in total. The third kappa shape index (κ3) is 5.66. The highest BCUT2D eigenvalue weighted by molar-refractivity contribution is 6.33. The first kappa shape index (κ1) is 26.7. The highest BCUT2D eigenvalue weighted by Crippen LogP contribution is 2.34. The summed E-state index contributed by atoms with van der Waals surface area (Å²) in [6.07, 6.45) is -4.89. The molecule has 7 nitrogen and oxygen atoms in total. The molecule has 1 atom stereocenters. The average molecular weight is 529 g/mol. The van der Waals surface area contributed by atoms with Crippen LogP contribution in [0, 0.1) is 6.92 Å². The van der Waals surface area contributed by atoms with E-state index in [1.54, 1.807) is 24.3 Å². The van der Waals surface area contributed by atoms with Gasteiger partial charge < -0.3 is 14.8 Å². The monoisotopic (exact) mass is 528 g/mol. The number of methoxy groups -OCH3 is 2. The molecule has 12 heteroatoms. The minimum Gasteiger partial charge on any atom is -0.467 e. The van der Waals surface area contributed by atoms with E-state index in [0.29, 0.717) is 34.5 Å². The zero-order valence-corrected chi connectivity index (χ0v) is 20.6. The number of rotatable bonds is 7. The molecule has 1 aromatic heterocycles. The molecule has 0 aliphatic heterocycles. The van der Waals surface area contributed by atoms with Gasteiger partial charge in [0.2, 0.25) is 5.60 Å². The minimum atomic E-state index is -4.89. The molecular formula is C23H21Cl2F3N4O3. The normalized spacial score (nSPS) is 13.3. The van der Waals surface area contributed by atoms with Gasteiger partial charge in [-0.1, -0.05) is 29.3 Å². The Labute approximate surface area is 209 Å². The van der Waals surface area contributed by atoms with E-state index < -0.39 is 17.7 Å². The molecule has 0 unspecified atom stereocenters. The quantitative estimate of drug-likeness (QED) is 0.441. The largest absolute Gasteiger partial charge is 0.467 e. The zero-order chi connectivity index (χ0) is 26.0. The number of benzene rings is 2. The molecule has 0 aliphatic rings. The predicted molar refractivity (Wildman–Crippen MR) is 125 cm³/mol. The highest BCUT2D eigenvalue weighted by Gasteiger charge is 2.57. The number of hydrogen-bond donors (Lipinski definition) is 1. The summed E-state index contributed by atoms with van der Waals surface area (Å²) in [6, 6.07) is 9.95. The highest BCUT2D eigenvalue weighted by atomic mass is 35.5. The van der Waals surface area contributed by atoms with Crippen molar-refractivity contribution in [1.82, 2.24) is 20.3 Å². The fourth-order valence-electron chi connectivity index (χ4n) is 3.02. The molecule has 2 aromatic carbocycles. The van der Waals surface area contributed by atoms with Gasteiger partial charge in [0.05, 0.1) is 12.1 Å².